The second kappa shape index (κ2) is 8.23. The van der Waals surface area contributed by atoms with E-state index in [-0.39, 0.29) is 24.7 Å². The van der Waals surface area contributed by atoms with Crippen LogP contribution in [0, 0.1) is 13.8 Å². The van der Waals surface area contributed by atoms with Crippen LogP contribution in [0.3, 0.4) is 0 Å². The first-order chi connectivity index (χ1) is 16.7. The zero-order valence-corrected chi connectivity index (χ0v) is 19.1. The summed E-state index contributed by atoms with van der Waals surface area (Å²) in [5.41, 5.74) is 4.86. The van der Waals surface area contributed by atoms with E-state index >= 15 is 0 Å². The third-order valence-corrected chi connectivity index (χ3v) is 6.51. The molecule has 1 saturated heterocycles. The molecule has 8 nitrogen and oxygen atoms in total. The van der Waals surface area contributed by atoms with Gasteiger partial charge in [0.15, 0.2) is 0 Å². The van der Waals surface area contributed by atoms with Crippen molar-refractivity contribution in [1.29, 1.82) is 0 Å². The maximum atomic E-state index is 13.2. The largest absolute Gasteiger partial charge is 0.435 e. The number of alkyl halides is 2. The van der Waals surface area contributed by atoms with Crippen LogP contribution in [0.5, 0.6) is 5.75 Å². The molecular weight excluding hydrogens is 456 g/mol. The number of carbonyl (C=O) groups excluding carboxylic acids is 2. The van der Waals surface area contributed by atoms with Gasteiger partial charge < -0.3 is 20.3 Å². The van der Waals surface area contributed by atoms with E-state index < -0.39 is 18.2 Å². The average Bonchev–Trinajstić information content (AvgIpc) is 3.41. The number of aryl methyl sites for hydroxylation is 2. The summed E-state index contributed by atoms with van der Waals surface area (Å²) < 4.78 is 29.7. The summed E-state index contributed by atoms with van der Waals surface area (Å²) in [5, 5.41) is 12.9. The number of H-pyrrole nitrogens is 1. The zero-order chi connectivity index (χ0) is 24.9. The molecule has 35 heavy (non-hydrogen) atoms. The summed E-state index contributed by atoms with van der Waals surface area (Å²) in [4.78, 5) is 27.1. The van der Waals surface area contributed by atoms with Gasteiger partial charge in [0.1, 0.15) is 11.3 Å². The summed E-state index contributed by atoms with van der Waals surface area (Å²) in [6, 6.07) is 11.6. The molecule has 2 aromatic carbocycles. The van der Waals surface area contributed by atoms with Crippen LogP contribution < -0.4 is 15.4 Å². The summed E-state index contributed by atoms with van der Waals surface area (Å²) in [7, 11) is 0. The van der Waals surface area contributed by atoms with Crippen molar-refractivity contribution in [3.8, 4) is 16.9 Å². The minimum absolute atomic E-state index is 0.0793. The number of fused-ring (bicyclic) bond motifs is 1. The highest BCUT2D eigenvalue weighted by molar-refractivity contribution is 5.99. The molecule has 3 amide bonds. The van der Waals surface area contributed by atoms with Crippen molar-refractivity contribution in [3.63, 3.8) is 0 Å². The molecule has 1 aromatic heterocycles. The van der Waals surface area contributed by atoms with Gasteiger partial charge in [0, 0.05) is 29.1 Å². The SMILES string of the molecule is C=C1NC(=O)N[C@@]1(CN1Cc2ccc(OC(F)F)cc2C1=O)c1ccc(-c2c(C)n[nH]c2C)cc1. The van der Waals surface area contributed by atoms with Crippen LogP contribution in [0.2, 0.25) is 0 Å². The van der Waals surface area contributed by atoms with Gasteiger partial charge in [-0.15, -0.1) is 0 Å². The number of benzene rings is 2. The van der Waals surface area contributed by atoms with Crippen LogP contribution in [0.1, 0.15) is 32.9 Å². The fourth-order valence-corrected chi connectivity index (χ4v) is 4.85. The molecule has 10 heteroatoms. The molecule has 0 spiro atoms. The number of rotatable bonds is 6. The van der Waals surface area contributed by atoms with Crippen molar-refractivity contribution < 1.29 is 23.1 Å². The van der Waals surface area contributed by atoms with E-state index in [0.29, 0.717) is 16.8 Å². The average molecular weight is 479 g/mol. The van der Waals surface area contributed by atoms with Crippen LogP contribution in [0.15, 0.2) is 54.7 Å². The van der Waals surface area contributed by atoms with E-state index in [0.717, 1.165) is 28.1 Å². The second-order valence-corrected chi connectivity index (χ2v) is 8.71. The number of hydrogen-bond acceptors (Lipinski definition) is 4. The summed E-state index contributed by atoms with van der Waals surface area (Å²) in [6.45, 7) is 5.30. The molecule has 3 heterocycles. The molecule has 1 atom stereocenters. The van der Waals surface area contributed by atoms with E-state index in [9.17, 15) is 18.4 Å². The number of hydrogen-bond donors (Lipinski definition) is 3. The Bertz CT molecular complexity index is 1330. The Morgan fingerprint density at radius 2 is 1.91 bits per heavy atom. The lowest BCUT2D eigenvalue weighted by molar-refractivity contribution is -0.0498. The maximum Gasteiger partial charge on any atom is 0.387 e. The Hall–Kier alpha value is -4.21. The van der Waals surface area contributed by atoms with Crippen molar-refractivity contribution in [3.05, 3.63) is 82.8 Å². The Balaban J connectivity index is 1.46. The molecule has 0 unspecified atom stereocenters. The molecule has 0 aliphatic carbocycles. The van der Waals surface area contributed by atoms with Crippen LogP contribution in [-0.2, 0) is 12.1 Å². The minimum Gasteiger partial charge on any atom is -0.435 e. The van der Waals surface area contributed by atoms with E-state index in [4.69, 9.17) is 0 Å². The van der Waals surface area contributed by atoms with Crippen molar-refractivity contribution >= 4 is 11.9 Å². The van der Waals surface area contributed by atoms with Gasteiger partial charge in [0.2, 0.25) is 0 Å². The maximum absolute atomic E-state index is 13.2. The fraction of sp³-hybridized carbons (Fsp3) is 0.240. The number of nitrogens with one attached hydrogen (secondary N) is 3. The molecule has 0 bridgehead atoms. The van der Waals surface area contributed by atoms with Gasteiger partial charge in [0.25, 0.3) is 5.91 Å². The molecule has 0 saturated carbocycles. The van der Waals surface area contributed by atoms with Gasteiger partial charge in [-0.05, 0) is 42.7 Å². The van der Waals surface area contributed by atoms with Gasteiger partial charge in [-0.1, -0.05) is 36.9 Å². The Morgan fingerprint density at radius 1 is 1.17 bits per heavy atom. The molecule has 3 N–H and O–H groups in total. The predicted octanol–water partition coefficient (Wildman–Crippen LogP) is 3.97. The van der Waals surface area contributed by atoms with Gasteiger partial charge in [0.05, 0.1) is 12.2 Å². The van der Waals surface area contributed by atoms with Gasteiger partial charge in [-0.2, -0.15) is 13.9 Å². The minimum atomic E-state index is -2.98. The summed E-state index contributed by atoms with van der Waals surface area (Å²) in [6.07, 6.45) is 0. The van der Waals surface area contributed by atoms with Crippen molar-refractivity contribution in [2.75, 3.05) is 6.54 Å². The second-order valence-electron chi connectivity index (χ2n) is 8.71. The van der Waals surface area contributed by atoms with Crippen LogP contribution in [-0.4, -0.2) is 40.2 Å². The van der Waals surface area contributed by atoms with Crippen LogP contribution in [0.25, 0.3) is 11.1 Å². The molecule has 2 aliphatic heterocycles. The van der Waals surface area contributed by atoms with Gasteiger partial charge >= 0.3 is 12.6 Å². The van der Waals surface area contributed by atoms with Gasteiger partial charge in [-0.25, -0.2) is 4.79 Å². The van der Waals surface area contributed by atoms with Gasteiger partial charge in [-0.3, -0.25) is 9.89 Å². The summed E-state index contributed by atoms with van der Waals surface area (Å²) >= 11 is 0. The highest BCUT2D eigenvalue weighted by atomic mass is 19.3. The van der Waals surface area contributed by atoms with Crippen molar-refractivity contribution in [2.24, 2.45) is 0 Å². The molecule has 3 aromatic rings. The molecule has 1 fully saturated rings. The lowest BCUT2D eigenvalue weighted by atomic mass is 9.86. The lowest BCUT2D eigenvalue weighted by Crippen LogP contribution is -2.49. The number of amides is 3. The standard InChI is InChI=1S/C25H23F2N5O3/c1-13-21(14(2)31-30-13)16-4-7-18(8-5-16)25(15(3)28-24(34)29-25)12-32-11-17-6-9-19(35-23(26)27)10-20(17)22(32)33/h4-10,23H,3,11-12H2,1-2H3,(H,30,31)(H2,28,29,34)/t25-/m1/s1. The quantitative estimate of drug-likeness (QED) is 0.498. The van der Waals surface area contributed by atoms with Crippen LogP contribution in [0.4, 0.5) is 13.6 Å². The zero-order valence-electron chi connectivity index (χ0n) is 19.1. The van der Waals surface area contributed by atoms with Crippen LogP contribution >= 0.6 is 0 Å². The Morgan fingerprint density at radius 3 is 2.51 bits per heavy atom. The first kappa shape index (κ1) is 22.6. The number of aromatic amines is 1. The lowest BCUT2D eigenvalue weighted by Gasteiger charge is -2.34. The monoisotopic (exact) mass is 479 g/mol. The highest BCUT2D eigenvalue weighted by Gasteiger charge is 2.46. The van der Waals surface area contributed by atoms with Crippen molar-refractivity contribution in [2.45, 2.75) is 32.5 Å². The normalized spacial score (nSPS) is 19.2. The molecule has 5 rings (SSSR count). The van der Waals surface area contributed by atoms with E-state index in [1.165, 1.54) is 12.1 Å². The third-order valence-electron chi connectivity index (χ3n) is 6.51. The number of nitrogens with zero attached hydrogens (tertiary/aromatic N) is 2. The third kappa shape index (κ3) is 3.80. The molecule has 180 valence electrons. The first-order valence-electron chi connectivity index (χ1n) is 11.0. The first-order valence-corrected chi connectivity index (χ1v) is 11.0. The number of halogens is 2. The van der Waals surface area contributed by atoms with E-state index in [1.807, 2.05) is 38.1 Å². The molecule has 0 radical (unpaired) electrons. The number of carbonyl (C=O) groups is 2. The fourth-order valence-electron chi connectivity index (χ4n) is 4.85. The number of urea groups is 1. The topological polar surface area (TPSA) is 99.4 Å². The predicted molar refractivity (Wildman–Crippen MR) is 124 cm³/mol. The Kier molecular flexibility index (Phi) is 5.31. The highest BCUT2D eigenvalue weighted by Crippen LogP contribution is 2.37. The Labute approximate surface area is 200 Å². The summed E-state index contributed by atoms with van der Waals surface area (Å²) in [5.74, 6) is -0.418. The van der Waals surface area contributed by atoms with E-state index in [1.54, 1.807) is 11.0 Å². The molecule has 2 aliphatic rings. The van der Waals surface area contributed by atoms with E-state index in [2.05, 4.69) is 32.1 Å². The van der Waals surface area contributed by atoms with Crippen molar-refractivity contribution in [1.82, 2.24) is 25.7 Å². The smallest absolute Gasteiger partial charge is 0.387 e. The molecular formula is C25H23F2N5O3. The number of ether oxygens (including phenoxy) is 1. The number of aromatic nitrogens is 2.